The molecule has 2 aromatic rings. The van der Waals surface area contributed by atoms with E-state index < -0.39 is 35.3 Å². The van der Waals surface area contributed by atoms with Gasteiger partial charge in [-0.05, 0) is 50.6 Å². The minimum absolute atomic E-state index is 0.168. The first kappa shape index (κ1) is 21.3. The third-order valence-corrected chi connectivity index (χ3v) is 7.06. The summed E-state index contributed by atoms with van der Waals surface area (Å²) >= 11 is 0. The smallest absolute Gasteiger partial charge is 0.312 e. The Balaban J connectivity index is 1.74. The first-order valence-corrected chi connectivity index (χ1v) is 11.0. The van der Waals surface area contributed by atoms with Crippen LogP contribution in [0.5, 0.6) is 11.5 Å². The topological polar surface area (TPSA) is 94.2 Å². The molecule has 33 heavy (non-hydrogen) atoms. The van der Waals surface area contributed by atoms with Gasteiger partial charge in [0, 0.05) is 17.5 Å². The van der Waals surface area contributed by atoms with Crippen molar-refractivity contribution < 1.29 is 28.6 Å². The second-order valence-corrected chi connectivity index (χ2v) is 8.88. The second kappa shape index (κ2) is 7.50. The van der Waals surface area contributed by atoms with Crippen molar-refractivity contribution in [2.45, 2.75) is 32.4 Å². The van der Waals surface area contributed by atoms with Gasteiger partial charge in [0.25, 0.3) is 11.8 Å². The maximum Gasteiger partial charge on any atom is 0.312 e. The van der Waals surface area contributed by atoms with Gasteiger partial charge >= 0.3 is 5.97 Å². The predicted octanol–water partition coefficient (Wildman–Crippen LogP) is 3.10. The Bertz CT molecular complexity index is 1180. The summed E-state index contributed by atoms with van der Waals surface area (Å²) in [7, 11) is 1.57. The van der Waals surface area contributed by atoms with Crippen molar-refractivity contribution >= 4 is 23.5 Å². The van der Waals surface area contributed by atoms with Gasteiger partial charge in [0.15, 0.2) is 0 Å². The van der Waals surface area contributed by atoms with E-state index in [0.29, 0.717) is 22.7 Å². The van der Waals surface area contributed by atoms with E-state index in [1.807, 2.05) is 19.1 Å². The van der Waals surface area contributed by atoms with Crippen LogP contribution in [-0.2, 0) is 14.3 Å². The molecule has 172 valence electrons. The molecular formula is C25H26N2O6. The van der Waals surface area contributed by atoms with Crippen LogP contribution in [0.1, 0.15) is 41.4 Å². The summed E-state index contributed by atoms with van der Waals surface area (Å²) in [5.41, 5.74) is 1.03. The molecule has 4 atom stereocenters. The van der Waals surface area contributed by atoms with E-state index in [1.54, 1.807) is 50.1 Å². The number of ether oxygens (including phenoxy) is 3. The molecule has 0 aliphatic carbocycles. The van der Waals surface area contributed by atoms with Crippen molar-refractivity contribution in [2.24, 2.45) is 11.8 Å². The molecule has 5 rings (SSSR count). The van der Waals surface area contributed by atoms with Crippen LogP contribution in [0.25, 0.3) is 0 Å². The van der Waals surface area contributed by atoms with Crippen LogP contribution < -0.4 is 14.8 Å². The third-order valence-electron chi connectivity index (χ3n) is 7.06. The van der Waals surface area contributed by atoms with Crippen LogP contribution in [0, 0.1) is 18.8 Å². The first-order chi connectivity index (χ1) is 15.8. The van der Waals surface area contributed by atoms with E-state index in [2.05, 4.69) is 5.32 Å². The highest BCUT2D eigenvalue weighted by Crippen LogP contribution is 2.57. The Morgan fingerprint density at radius 1 is 1.24 bits per heavy atom. The molecule has 1 saturated heterocycles. The zero-order valence-corrected chi connectivity index (χ0v) is 19.0. The summed E-state index contributed by atoms with van der Waals surface area (Å²) in [6.45, 7) is 5.61. The molecule has 0 aromatic heterocycles. The molecule has 0 spiro atoms. The monoisotopic (exact) mass is 450 g/mol. The number of carbonyl (C=O) groups excluding carboxylic acids is 3. The number of aryl methyl sites for hydroxylation is 1. The number of esters is 1. The summed E-state index contributed by atoms with van der Waals surface area (Å²) in [5.74, 6) is -1.38. The molecule has 3 aliphatic rings. The fraction of sp³-hybridized carbons (Fsp3) is 0.400. The lowest BCUT2D eigenvalue weighted by Gasteiger charge is -2.38. The lowest BCUT2D eigenvalue weighted by Crippen LogP contribution is -2.57. The lowest BCUT2D eigenvalue weighted by atomic mass is 9.77. The molecule has 0 bridgehead atoms. The number of hydrogen-bond acceptors (Lipinski definition) is 6. The number of fused-ring (bicyclic) bond motifs is 6. The van der Waals surface area contributed by atoms with E-state index in [4.69, 9.17) is 14.2 Å². The number of methoxy groups -OCH3 is 1. The quantitative estimate of drug-likeness (QED) is 0.723. The number of rotatable bonds is 3. The summed E-state index contributed by atoms with van der Waals surface area (Å²) in [6.07, 6.45) is 0. The van der Waals surface area contributed by atoms with Gasteiger partial charge in [-0.2, -0.15) is 0 Å². The zero-order valence-electron chi connectivity index (χ0n) is 19.0. The Morgan fingerprint density at radius 2 is 2.03 bits per heavy atom. The minimum atomic E-state index is -1.46. The molecule has 1 N–H and O–H groups in total. The fourth-order valence-electron chi connectivity index (χ4n) is 5.53. The zero-order chi connectivity index (χ0) is 23.5. The minimum Gasteiger partial charge on any atom is -0.497 e. The van der Waals surface area contributed by atoms with Crippen molar-refractivity contribution in [3.05, 3.63) is 53.1 Å². The van der Waals surface area contributed by atoms with E-state index >= 15 is 0 Å². The average molecular weight is 450 g/mol. The van der Waals surface area contributed by atoms with Crippen molar-refractivity contribution in [3.8, 4) is 11.5 Å². The van der Waals surface area contributed by atoms with Gasteiger partial charge < -0.3 is 24.4 Å². The van der Waals surface area contributed by atoms with Crippen LogP contribution in [0.2, 0.25) is 0 Å². The average Bonchev–Trinajstić information content (AvgIpc) is 3.04. The van der Waals surface area contributed by atoms with Crippen LogP contribution in [0.3, 0.4) is 0 Å². The molecule has 2 aromatic carbocycles. The Morgan fingerprint density at radius 3 is 2.76 bits per heavy atom. The molecule has 0 saturated carbocycles. The summed E-state index contributed by atoms with van der Waals surface area (Å²) in [6, 6.07) is 10.2. The number of nitrogens with zero attached hydrogens (tertiary/aromatic N) is 1. The molecule has 0 unspecified atom stereocenters. The SMILES string of the molecule is CCOC(=O)[C@H]1[C@H]2COc3cc(OC)ccc3[C@@H]2N2C(=O)c3ccc(C)cc3NC(=O)[C@@]12C. The van der Waals surface area contributed by atoms with E-state index in [1.165, 1.54) is 0 Å². The van der Waals surface area contributed by atoms with Crippen LogP contribution >= 0.6 is 0 Å². The van der Waals surface area contributed by atoms with Crippen LogP contribution in [-0.4, -0.2) is 48.5 Å². The van der Waals surface area contributed by atoms with Gasteiger partial charge in [-0.1, -0.05) is 6.07 Å². The Labute approximate surface area is 191 Å². The Hall–Kier alpha value is -3.55. The standard InChI is InChI=1S/C25H26N2O6/c1-5-32-23(29)20-17-12-33-19-11-14(31-4)7-9-16(19)21(17)27-22(28)15-8-6-13(2)10-18(15)26-24(30)25(20,27)3/h6-11,17,20-21H,5,12H2,1-4H3,(H,26,30)/t17-,20-,21+,25-/m1/s1. The van der Waals surface area contributed by atoms with E-state index in [-0.39, 0.29) is 19.1 Å². The van der Waals surface area contributed by atoms with Crippen molar-refractivity contribution in [1.82, 2.24) is 4.90 Å². The maximum absolute atomic E-state index is 14.0. The number of nitrogens with one attached hydrogen (secondary N) is 1. The summed E-state index contributed by atoms with van der Waals surface area (Å²) in [5, 5.41) is 2.91. The highest BCUT2D eigenvalue weighted by Gasteiger charge is 2.67. The van der Waals surface area contributed by atoms with Crippen LogP contribution in [0.4, 0.5) is 5.69 Å². The largest absolute Gasteiger partial charge is 0.497 e. The van der Waals surface area contributed by atoms with Crippen molar-refractivity contribution in [2.75, 3.05) is 25.6 Å². The van der Waals surface area contributed by atoms with Gasteiger partial charge in [-0.15, -0.1) is 0 Å². The number of amides is 2. The molecule has 2 amide bonds. The fourth-order valence-corrected chi connectivity index (χ4v) is 5.53. The molecule has 3 heterocycles. The molecule has 3 aliphatic heterocycles. The van der Waals surface area contributed by atoms with Crippen molar-refractivity contribution in [1.29, 1.82) is 0 Å². The van der Waals surface area contributed by atoms with Gasteiger partial charge in [0.2, 0.25) is 0 Å². The highest BCUT2D eigenvalue weighted by atomic mass is 16.5. The van der Waals surface area contributed by atoms with Crippen LogP contribution in [0.15, 0.2) is 36.4 Å². The van der Waals surface area contributed by atoms with Gasteiger partial charge in [-0.3, -0.25) is 14.4 Å². The van der Waals surface area contributed by atoms with E-state index in [0.717, 1.165) is 11.1 Å². The maximum atomic E-state index is 14.0. The van der Waals surface area contributed by atoms with Gasteiger partial charge in [-0.25, -0.2) is 0 Å². The molecule has 8 nitrogen and oxygen atoms in total. The highest BCUT2D eigenvalue weighted by molar-refractivity contribution is 6.13. The molecule has 8 heteroatoms. The number of anilines is 1. The molecule has 0 radical (unpaired) electrons. The Kier molecular flexibility index (Phi) is 4.84. The second-order valence-electron chi connectivity index (χ2n) is 8.88. The molecule has 1 fully saturated rings. The predicted molar refractivity (Wildman–Crippen MR) is 119 cm³/mol. The number of carbonyl (C=O) groups is 3. The van der Waals surface area contributed by atoms with Crippen molar-refractivity contribution in [3.63, 3.8) is 0 Å². The number of hydrogen-bond donors (Lipinski definition) is 1. The number of benzene rings is 2. The summed E-state index contributed by atoms with van der Waals surface area (Å²) in [4.78, 5) is 42.6. The first-order valence-electron chi connectivity index (χ1n) is 11.0. The normalized spacial score (nSPS) is 27.3. The molecular weight excluding hydrogens is 424 g/mol. The summed E-state index contributed by atoms with van der Waals surface area (Å²) < 4.78 is 16.7. The lowest BCUT2D eigenvalue weighted by molar-refractivity contribution is -0.155. The van der Waals surface area contributed by atoms with E-state index in [9.17, 15) is 14.4 Å². The third kappa shape index (κ3) is 2.93. The van der Waals surface area contributed by atoms with Gasteiger partial charge in [0.05, 0.1) is 43.5 Å². The van der Waals surface area contributed by atoms with Gasteiger partial charge in [0.1, 0.15) is 17.0 Å².